The smallest absolute Gasteiger partial charge is 0.258 e. The molecule has 0 saturated carbocycles. The van der Waals surface area contributed by atoms with Gasteiger partial charge in [-0.05, 0) is 29.6 Å². The van der Waals surface area contributed by atoms with E-state index in [9.17, 15) is 0 Å². The van der Waals surface area contributed by atoms with E-state index in [4.69, 9.17) is 9.78 Å². The van der Waals surface area contributed by atoms with Crippen LogP contribution in [-0.2, 0) is 0 Å². The molecule has 0 radical (unpaired) electrons. The molecule has 5 heteroatoms. The Bertz CT molecular complexity index is 710. The molecule has 0 saturated heterocycles. The zero-order chi connectivity index (χ0) is 12.4. The first-order valence-electron chi connectivity index (χ1n) is 5.25. The van der Waals surface area contributed by atoms with Gasteiger partial charge in [-0.25, -0.2) is 0 Å². The van der Waals surface area contributed by atoms with Crippen molar-refractivity contribution < 1.29 is 4.52 Å². The summed E-state index contributed by atoms with van der Waals surface area (Å²) in [4.78, 5) is 5.28. The van der Waals surface area contributed by atoms with Gasteiger partial charge in [0.05, 0.1) is 16.5 Å². The lowest BCUT2D eigenvalue weighted by atomic mass is 10.1. The highest BCUT2D eigenvalue weighted by Gasteiger charge is 2.11. The minimum Gasteiger partial charge on any atom is -0.334 e. The SMILES string of the molecule is N#Cc1cccc(-c2nc(-c3cccs3)no2)c1. The molecule has 18 heavy (non-hydrogen) atoms. The minimum absolute atomic E-state index is 0.426. The van der Waals surface area contributed by atoms with Crippen molar-refractivity contribution in [2.24, 2.45) is 0 Å². The van der Waals surface area contributed by atoms with Crippen LogP contribution in [0.2, 0.25) is 0 Å². The second kappa shape index (κ2) is 4.43. The zero-order valence-electron chi connectivity index (χ0n) is 9.20. The Labute approximate surface area is 107 Å². The fraction of sp³-hybridized carbons (Fsp3) is 0. The predicted molar refractivity (Wildman–Crippen MR) is 67.8 cm³/mol. The Balaban J connectivity index is 2.01. The minimum atomic E-state index is 0.426. The van der Waals surface area contributed by atoms with Gasteiger partial charge in [-0.3, -0.25) is 0 Å². The summed E-state index contributed by atoms with van der Waals surface area (Å²) in [6.45, 7) is 0. The molecule has 2 aromatic heterocycles. The molecule has 0 aliphatic carbocycles. The molecule has 0 amide bonds. The summed E-state index contributed by atoms with van der Waals surface area (Å²) in [7, 11) is 0. The molecule has 4 nitrogen and oxygen atoms in total. The van der Waals surface area contributed by atoms with Crippen LogP contribution in [0.3, 0.4) is 0 Å². The summed E-state index contributed by atoms with van der Waals surface area (Å²) >= 11 is 1.55. The molecule has 0 spiro atoms. The van der Waals surface area contributed by atoms with Crippen molar-refractivity contribution in [2.45, 2.75) is 0 Å². The molecular formula is C13H7N3OS. The van der Waals surface area contributed by atoms with Crippen LogP contribution in [0.25, 0.3) is 22.2 Å². The molecule has 1 aromatic carbocycles. The summed E-state index contributed by atoms with van der Waals surface area (Å²) in [6, 6.07) is 13.1. The van der Waals surface area contributed by atoms with Gasteiger partial charge < -0.3 is 4.52 Å². The highest BCUT2D eigenvalue weighted by Crippen LogP contribution is 2.25. The van der Waals surface area contributed by atoms with E-state index in [1.54, 1.807) is 29.5 Å². The second-order valence-electron chi connectivity index (χ2n) is 3.59. The lowest BCUT2D eigenvalue weighted by Gasteiger charge is -1.93. The normalized spacial score (nSPS) is 10.2. The van der Waals surface area contributed by atoms with Crippen molar-refractivity contribution in [3.8, 4) is 28.2 Å². The molecule has 0 aliphatic rings. The zero-order valence-corrected chi connectivity index (χ0v) is 10.0. The van der Waals surface area contributed by atoms with Crippen molar-refractivity contribution >= 4 is 11.3 Å². The van der Waals surface area contributed by atoms with Gasteiger partial charge in [-0.1, -0.05) is 17.3 Å². The Morgan fingerprint density at radius 3 is 2.94 bits per heavy atom. The van der Waals surface area contributed by atoms with E-state index in [1.807, 2.05) is 23.6 Å². The highest BCUT2D eigenvalue weighted by molar-refractivity contribution is 7.13. The number of thiophene rings is 1. The number of aromatic nitrogens is 2. The molecule has 3 rings (SSSR count). The molecule has 0 unspecified atom stereocenters. The number of nitriles is 1. The summed E-state index contributed by atoms with van der Waals surface area (Å²) in [5.41, 5.74) is 1.33. The number of nitrogens with zero attached hydrogens (tertiary/aromatic N) is 3. The Morgan fingerprint density at radius 1 is 1.22 bits per heavy atom. The van der Waals surface area contributed by atoms with Crippen molar-refractivity contribution in [3.05, 3.63) is 47.3 Å². The molecule has 3 aromatic rings. The average Bonchev–Trinajstić information content (AvgIpc) is 3.09. The topological polar surface area (TPSA) is 62.7 Å². The third-order valence-corrected chi connectivity index (χ3v) is 3.27. The van der Waals surface area contributed by atoms with Crippen molar-refractivity contribution in [3.63, 3.8) is 0 Å². The first-order chi connectivity index (χ1) is 8.86. The van der Waals surface area contributed by atoms with Gasteiger partial charge in [0.1, 0.15) is 0 Å². The van der Waals surface area contributed by atoms with E-state index in [1.165, 1.54) is 0 Å². The highest BCUT2D eigenvalue weighted by atomic mass is 32.1. The van der Waals surface area contributed by atoms with Crippen LogP contribution in [0.5, 0.6) is 0 Å². The quantitative estimate of drug-likeness (QED) is 0.702. The molecule has 2 heterocycles. The van der Waals surface area contributed by atoms with Gasteiger partial charge in [0, 0.05) is 5.56 Å². The van der Waals surface area contributed by atoms with E-state index in [0.29, 0.717) is 17.3 Å². The third kappa shape index (κ3) is 1.90. The summed E-state index contributed by atoms with van der Waals surface area (Å²) < 4.78 is 5.21. The van der Waals surface area contributed by atoms with Gasteiger partial charge >= 0.3 is 0 Å². The number of rotatable bonds is 2. The monoisotopic (exact) mass is 253 g/mol. The maximum Gasteiger partial charge on any atom is 0.258 e. The first-order valence-corrected chi connectivity index (χ1v) is 6.13. The number of benzene rings is 1. The Kier molecular flexibility index (Phi) is 2.63. The number of hydrogen-bond donors (Lipinski definition) is 0. The van der Waals surface area contributed by atoms with Crippen LogP contribution in [-0.4, -0.2) is 10.1 Å². The second-order valence-corrected chi connectivity index (χ2v) is 4.54. The largest absolute Gasteiger partial charge is 0.334 e. The van der Waals surface area contributed by atoms with Crippen LogP contribution in [0.4, 0.5) is 0 Å². The van der Waals surface area contributed by atoms with E-state index in [2.05, 4.69) is 16.2 Å². The van der Waals surface area contributed by atoms with Gasteiger partial charge in [-0.2, -0.15) is 10.2 Å². The lowest BCUT2D eigenvalue weighted by Crippen LogP contribution is -1.80. The van der Waals surface area contributed by atoms with Gasteiger partial charge in [-0.15, -0.1) is 11.3 Å². The molecule has 0 N–H and O–H groups in total. The van der Waals surface area contributed by atoms with E-state index < -0.39 is 0 Å². The molecule has 86 valence electrons. The van der Waals surface area contributed by atoms with Crippen LogP contribution < -0.4 is 0 Å². The van der Waals surface area contributed by atoms with Gasteiger partial charge in [0.25, 0.3) is 5.89 Å². The maximum atomic E-state index is 8.85. The van der Waals surface area contributed by atoms with Crippen LogP contribution in [0, 0.1) is 11.3 Å². The summed E-state index contributed by atoms with van der Waals surface area (Å²) in [5.74, 6) is 0.998. The van der Waals surface area contributed by atoms with Crippen LogP contribution in [0.15, 0.2) is 46.3 Å². The number of hydrogen-bond acceptors (Lipinski definition) is 5. The van der Waals surface area contributed by atoms with E-state index in [0.717, 1.165) is 10.4 Å². The predicted octanol–water partition coefficient (Wildman–Crippen LogP) is 3.34. The molecule has 0 fully saturated rings. The van der Waals surface area contributed by atoms with Gasteiger partial charge in [0.15, 0.2) is 0 Å². The third-order valence-electron chi connectivity index (χ3n) is 2.41. The lowest BCUT2D eigenvalue weighted by molar-refractivity contribution is 0.432. The Morgan fingerprint density at radius 2 is 2.17 bits per heavy atom. The standard InChI is InChI=1S/C13H7N3OS/c14-8-9-3-1-4-10(7-9)13-15-12(16-17-13)11-5-2-6-18-11/h1-7H. The fourth-order valence-electron chi connectivity index (χ4n) is 1.57. The van der Waals surface area contributed by atoms with E-state index >= 15 is 0 Å². The van der Waals surface area contributed by atoms with Crippen molar-refractivity contribution in [1.29, 1.82) is 5.26 Å². The van der Waals surface area contributed by atoms with Crippen molar-refractivity contribution in [1.82, 2.24) is 10.1 Å². The molecule has 0 atom stereocenters. The maximum absolute atomic E-state index is 8.85. The average molecular weight is 253 g/mol. The summed E-state index contributed by atoms with van der Waals surface area (Å²) in [6.07, 6.45) is 0. The Hall–Kier alpha value is -2.45. The molecule has 0 bridgehead atoms. The van der Waals surface area contributed by atoms with Crippen LogP contribution in [0.1, 0.15) is 5.56 Å². The fourth-order valence-corrected chi connectivity index (χ4v) is 2.22. The first kappa shape index (κ1) is 10.7. The van der Waals surface area contributed by atoms with Gasteiger partial charge in [0.2, 0.25) is 5.82 Å². The van der Waals surface area contributed by atoms with E-state index in [-0.39, 0.29) is 0 Å². The molecule has 0 aliphatic heterocycles. The van der Waals surface area contributed by atoms with Crippen molar-refractivity contribution in [2.75, 3.05) is 0 Å². The van der Waals surface area contributed by atoms with Crippen LogP contribution >= 0.6 is 11.3 Å². The summed E-state index contributed by atoms with van der Waals surface area (Å²) in [5, 5.41) is 14.7. The molecular weight excluding hydrogens is 246 g/mol.